The van der Waals surface area contributed by atoms with E-state index in [2.05, 4.69) is 0 Å². The van der Waals surface area contributed by atoms with E-state index in [1.807, 2.05) is 4.72 Å². The Morgan fingerprint density at radius 3 is 2.26 bits per heavy atom. The molecule has 0 saturated carbocycles. The Morgan fingerprint density at radius 1 is 1.16 bits per heavy atom. The van der Waals surface area contributed by atoms with Crippen molar-refractivity contribution in [3.63, 3.8) is 0 Å². The van der Waals surface area contributed by atoms with E-state index in [1.165, 1.54) is 12.1 Å². The van der Waals surface area contributed by atoms with Gasteiger partial charge in [-0.1, -0.05) is 19.1 Å². The molecule has 1 rings (SSSR count). The van der Waals surface area contributed by atoms with E-state index >= 15 is 0 Å². The fraction of sp³-hybridized carbons (Fsp3) is 0.400. The average Bonchev–Trinajstić information content (AvgIpc) is 2.28. The fourth-order valence-electron chi connectivity index (χ4n) is 1.38. The molecule has 0 heterocycles. The molecule has 0 amide bonds. The van der Waals surface area contributed by atoms with Gasteiger partial charge in [-0.3, -0.25) is 4.72 Å². The predicted octanol–water partition coefficient (Wildman–Crippen LogP) is 1.83. The Morgan fingerprint density at radius 2 is 1.74 bits per heavy atom. The van der Waals surface area contributed by atoms with Crippen LogP contribution in [-0.2, 0) is 19.9 Å². The van der Waals surface area contributed by atoms with E-state index in [0.29, 0.717) is 6.42 Å². The maximum atomic E-state index is 12.5. The quantitative estimate of drug-likeness (QED) is 0.869. The molecule has 0 saturated heterocycles. The van der Waals surface area contributed by atoms with Crippen LogP contribution in [-0.4, -0.2) is 28.3 Å². The number of para-hydroxylation sites is 1. The maximum absolute atomic E-state index is 12.5. The molecular weight excluding hydrogens is 300 g/mol. The van der Waals surface area contributed by atoms with E-state index in [4.69, 9.17) is 0 Å². The van der Waals surface area contributed by atoms with Gasteiger partial charge in [0.15, 0.2) is 0 Å². The number of hydrogen-bond acceptors (Lipinski definition) is 4. The minimum Gasteiger partial charge on any atom is -0.282 e. The number of sulfone groups is 1. The minimum absolute atomic E-state index is 0.226. The van der Waals surface area contributed by atoms with Crippen LogP contribution in [0.4, 0.5) is 14.5 Å². The number of rotatable bonds is 6. The van der Waals surface area contributed by atoms with Crippen molar-refractivity contribution >= 4 is 25.5 Å². The largest absolute Gasteiger partial charge is 0.341 e. The van der Waals surface area contributed by atoms with Crippen LogP contribution in [0, 0.1) is 0 Å². The second kappa shape index (κ2) is 5.83. The van der Waals surface area contributed by atoms with Gasteiger partial charge in [-0.25, -0.2) is 16.8 Å². The molecule has 1 N–H and O–H groups in total. The molecule has 108 valence electrons. The first-order chi connectivity index (χ1) is 8.70. The Hall–Kier alpha value is -1.22. The van der Waals surface area contributed by atoms with Crippen molar-refractivity contribution in [2.45, 2.75) is 24.0 Å². The molecule has 9 heteroatoms. The second-order valence-electron chi connectivity index (χ2n) is 3.72. The topological polar surface area (TPSA) is 80.3 Å². The van der Waals surface area contributed by atoms with E-state index in [0.717, 1.165) is 12.1 Å². The molecule has 5 nitrogen and oxygen atoms in total. The van der Waals surface area contributed by atoms with Crippen molar-refractivity contribution in [2.24, 2.45) is 0 Å². The summed E-state index contributed by atoms with van der Waals surface area (Å²) in [6.45, 7) is 1.63. The lowest BCUT2D eigenvalue weighted by molar-refractivity contribution is 0.235. The van der Waals surface area contributed by atoms with E-state index in [-0.39, 0.29) is 11.4 Å². The first-order valence-electron chi connectivity index (χ1n) is 5.32. The summed E-state index contributed by atoms with van der Waals surface area (Å²) in [7, 11) is -8.61. The molecule has 0 aliphatic carbocycles. The molecule has 1 aromatic rings. The fourth-order valence-corrected chi connectivity index (χ4v) is 3.49. The minimum atomic E-state index is -4.86. The summed E-state index contributed by atoms with van der Waals surface area (Å²) in [6, 6.07) is 4.66. The number of halogens is 2. The molecule has 0 unspecified atom stereocenters. The average molecular weight is 313 g/mol. The highest BCUT2D eigenvalue weighted by molar-refractivity contribution is 7.93. The zero-order valence-electron chi connectivity index (χ0n) is 10.0. The van der Waals surface area contributed by atoms with Crippen LogP contribution in [0.2, 0.25) is 0 Å². The van der Waals surface area contributed by atoms with Crippen molar-refractivity contribution < 1.29 is 25.6 Å². The monoisotopic (exact) mass is 313 g/mol. The summed E-state index contributed by atoms with van der Waals surface area (Å²) >= 11 is 0. The SMILES string of the molecule is CCCS(=O)(=O)Nc1ccccc1S(=O)(=O)C(F)F. The van der Waals surface area contributed by atoms with Gasteiger partial charge < -0.3 is 0 Å². The predicted molar refractivity (Wildman–Crippen MR) is 67.3 cm³/mol. The van der Waals surface area contributed by atoms with Gasteiger partial charge in [0, 0.05) is 0 Å². The van der Waals surface area contributed by atoms with Crippen molar-refractivity contribution in [1.29, 1.82) is 0 Å². The summed E-state index contributed by atoms with van der Waals surface area (Å²) in [4.78, 5) is -0.732. The van der Waals surface area contributed by atoms with Crippen molar-refractivity contribution in [3.8, 4) is 0 Å². The third-order valence-electron chi connectivity index (χ3n) is 2.17. The van der Waals surface area contributed by atoms with Crippen LogP contribution < -0.4 is 4.72 Å². The summed E-state index contributed by atoms with van der Waals surface area (Å²) in [6.07, 6.45) is 0.319. The number of anilines is 1. The van der Waals surface area contributed by atoms with Crippen molar-refractivity contribution in [3.05, 3.63) is 24.3 Å². The van der Waals surface area contributed by atoms with Gasteiger partial charge in [0.2, 0.25) is 19.9 Å². The number of nitrogens with one attached hydrogen (secondary N) is 1. The molecule has 0 spiro atoms. The summed E-state index contributed by atoms with van der Waals surface area (Å²) in [5, 5.41) is 0. The van der Waals surface area contributed by atoms with E-state index in [9.17, 15) is 25.6 Å². The zero-order valence-corrected chi connectivity index (χ0v) is 11.6. The Labute approximate surface area is 110 Å². The summed E-state index contributed by atoms with van der Waals surface area (Å²) in [5.41, 5.74) is -0.365. The molecule has 0 aliphatic rings. The van der Waals surface area contributed by atoms with E-state index < -0.39 is 30.5 Å². The third kappa shape index (κ3) is 3.87. The first kappa shape index (κ1) is 15.8. The van der Waals surface area contributed by atoms with Gasteiger partial charge >= 0.3 is 5.76 Å². The molecule has 0 aliphatic heterocycles. The lowest BCUT2D eigenvalue weighted by Crippen LogP contribution is -2.19. The Kier molecular flexibility index (Phi) is 4.86. The van der Waals surface area contributed by atoms with Crippen LogP contribution in [0.3, 0.4) is 0 Å². The van der Waals surface area contributed by atoms with Gasteiger partial charge in [-0.2, -0.15) is 8.78 Å². The van der Waals surface area contributed by atoms with Gasteiger partial charge in [-0.05, 0) is 18.6 Å². The van der Waals surface area contributed by atoms with Gasteiger partial charge in [0.1, 0.15) is 0 Å². The number of benzene rings is 1. The Bertz CT molecular complexity index is 641. The summed E-state index contributed by atoms with van der Waals surface area (Å²) < 4.78 is 72.9. The standard InChI is InChI=1S/C10H13F2NO4S2/c1-2-7-18(14,15)13-8-5-3-4-6-9(8)19(16,17)10(11)12/h3-6,10,13H,2,7H2,1H3. The molecule has 19 heavy (non-hydrogen) atoms. The van der Waals surface area contributed by atoms with Crippen LogP contribution in [0.5, 0.6) is 0 Å². The van der Waals surface area contributed by atoms with Crippen LogP contribution in [0.1, 0.15) is 13.3 Å². The highest BCUT2D eigenvalue weighted by Crippen LogP contribution is 2.26. The molecule has 0 radical (unpaired) electrons. The third-order valence-corrected chi connectivity index (χ3v) is 5.08. The smallest absolute Gasteiger partial charge is 0.282 e. The van der Waals surface area contributed by atoms with Crippen LogP contribution in [0.25, 0.3) is 0 Å². The number of sulfonamides is 1. The highest BCUT2D eigenvalue weighted by atomic mass is 32.2. The lowest BCUT2D eigenvalue weighted by atomic mass is 10.3. The molecular formula is C10H13F2NO4S2. The second-order valence-corrected chi connectivity index (χ2v) is 7.45. The van der Waals surface area contributed by atoms with Crippen molar-refractivity contribution in [2.75, 3.05) is 10.5 Å². The first-order valence-corrected chi connectivity index (χ1v) is 8.52. The van der Waals surface area contributed by atoms with Crippen LogP contribution >= 0.6 is 0 Å². The number of hydrogen-bond donors (Lipinski definition) is 1. The molecule has 0 fully saturated rings. The molecule has 1 aromatic carbocycles. The van der Waals surface area contributed by atoms with Crippen LogP contribution in [0.15, 0.2) is 29.2 Å². The lowest BCUT2D eigenvalue weighted by Gasteiger charge is -2.12. The Balaban J connectivity index is 3.26. The van der Waals surface area contributed by atoms with Gasteiger partial charge in [0.25, 0.3) is 0 Å². The van der Waals surface area contributed by atoms with Gasteiger partial charge in [0.05, 0.1) is 16.3 Å². The maximum Gasteiger partial charge on any atom is 0.341 e. The molecule has 0 atom stereocenters. The molecule has 0 bridgehead atoms. The normalized spacial score (nSPS) is 12.6. The zero-order chi connectivity index (χ0) is 14.7. The highest BCUT2D eigenvalue weighted by Gasteiger charge is 2.29. The number of alkyl halides is 2. The van der Waals surface area contributed by atoms with Gasteiger partial charge in [-0.15, -0.1) is 0 Å². The van der Waals surface area contributed by atoms with Crippen molar-refractivity contribution in [1.82, 2.24) is 0 Å². The molecule has 0 aromatic heterocycles. The van der Waals surface area contributed by atoms with E-state index in [1.54, 1.807) is 6.92 Å². The summed E-state index contributed by atoms with van der Waals surface area (Å²) in [5.74, 6) is -3.83.